The van der Waals surface area contributed by atoms with E-state index in [0.717, 1.165) is 34.8 Å². The van der Waals surface area contributed by atoms with Crippen molar-refractivity contribution in [2.24, 2.45) is 10.2 Å². The minimum atomic E-state index is 0.768. The number of benzene rings is 1. The number of hydrogen-bond donors (Lipinski definition) is 0. The number of rotatable bonds is 4. The summed E-state index contributed by atoms with van der Waals surface area (Å²) in [6, 6.07) is 16.2. The van der Waals surface area contributed by atoms with Crippen LogP contribution in [0.2, 0.25) is 0 Å². The van der Waals surface area contributed by atoms with E-state index in [2.05, 4.69) is 39.3 Å². The molecule has 3 heterocycles. The molecule has 0 bridgehead atoms. The van der Waals surface area contributed by atoms with Crippen molar-refractivity contribution < 1.29 is 0 Å². The molecule has 0 spiro atoms. The van der Waals surface area contributed by atoms with Crippen LogP contribution in [0.15, 0.2) is 77.3 Å². The van der Waals surface area contributed by atoms with Crippen LogP contribution in [0.5, 0.6) is 0 Å². The zero-order valence-electron chi connectivity index (χ0n) is 14.8. The van der Waals surface area contributed by atoms with Gasteiger partial charge >= 0.3 is 0 Å². The number of hydrogen-bond acceptors (Lipinski definition) is 4. The van der Waals surface area contributed by atoms with Gasteiger partial charge in [-0.2, -0.15) is 0 Å². The minimum absolute atomic E-state index is 0.768. The number of azo groups is 1. The molecule has 4 rings (SSSR count). The summed E-state index contributed by atoms with van der Waals surface area (Å²) < 4.78 is 1.98. The largest absolute Gasteiger partial charge is 0.283 e. The Bertz CT molecular complexity index is 1060. The second kappa shape index (κ2) is 6.88. The Balaban J connectivity index is 1.56. The maximum absolute atomic E-state index is 4.53. The van der Waals surface area contributed by atoms with Gasteiger partial charge in [-0.25, -0.2) is 4.98 Å². The Hall–Kier alpha value is -3.34. The molecule has 0 radical (unpaired) electrons. The first-order chi connectivity index (χ1) is 12.7. The molecule has 0 aliphatic rings. The van der Waals surface area contributed by atoms with Crippen LogP contribution in [0, 0.1) is 13.8 Å². The molecule has 0 saturated carbocycles. The molecule has 128 valence electrons. The van der Waals surface area contributed by atoms with Gasteiger partial charge in [0.2, 0.25) is 0 Å². The molecule has 4 aromatic rings. The fraction of sp³-hybridized carbons (Fsp3) is 0.143. The van der Waals surface area contributed by atoms with Gasteiger partial charge in [0.15, 0.2) is 5.82 Å². The fourth-order valence-corrected chi connectivity index (χ4v) is 2.90. The molecule has 5 heteroatoms. The highest BCUT2D eigenvalue weighted by molar-refractivity contribution is 5.52. The number of fused-ring (bicyclic) bond motifs is 1. The van der Waals surface area contributed by atoms with Crippen molar-refractivity contribution in [3.8, 4) is 0 Å². The lowest BCUT2D eigenvalue weighted by atomic mass is 10.1. The Morgan fingerprint density at radius 1 is 0.846 bits per heavy atom. The lowest BCUT2D eigenvalue weighted by Crippen LogP contribution is -1.87. The van der Waals surface area contributed by atoms with Gasteiger partial charge in [-0.05, 0) is 67.3 Å². The fourth-order valence-electron chi connectivity index (χ4n) is 2.90. The average molecular weight is 341 g/mol. The quantitative estimate of drug-likeness (QED) is 0.470. The molecular weight excluding hydrogens is 322 g/mol. The molecule has 0 atom stereocenters. The third-order valence-corrected chi connectivity index (χ3v) is 4.26. The number of nitrogens with zero attached hydrogens (tertiary/aromatic N) is 5. The van der Waals surface area contributed by atoms with Gasteiger partial charge < -0.3 is 0 Å². The van der Waals surface area contributed by atoms with Gasteiger partial charge in [-0.15, -0.1) is 10.2 Å². The summed E-state index contributed by atoms with van der Waals surface area (Å²) in [5.41, 5.74) is 6.21. The van der Waals surface area contributed by atoms with Crippen molar-refractivity contribution in [3.05, 3.63) is 89.5 Å². The molecule has 0 saturated heterocycles. The van der Waals surface area contributed by atoms with E-state index in [0.29, 0.717) is 0 Å². The van der Waals surface area contributed by atoms with E-state index >= 15 is 0 Å². The standard InChI is InChI=1S/C21H19N5/c1-15-3-8-20-23-16(2)21(26(20)14-15)25-24-19-6-4-17(5-7-19)13-18-9-11-22-12-10-18/h3-12,14H,13H2,1-2H3. The second-order valence-corrected chi connectivity index (χ2v) is 6.35. The van der Waals surface area contributed by atoms with E-state index < -0.39 is 0 Å². The first-order valence-corrected chi connectivity index (χ1v) is 8.54. The highest BCUT2D eigenvalue weighted by Crippen LogP contribution is 2.24. The van der Waals surface area contributed by atoms with E-state index in [1.807, 2.05) is 66.3 Å². The maximum atomic E-state index is 4.53. The van der Waals surface area contributed by atoms with E-state index in [9.17, 15) is 0 Å². The Labute approximate surface area is 152 Å². The Morgan fingerprint density at radius 2 is 1.58 bits per heavy atom. The summed E-state index contributed by atoms with van der Waals surface area (Å²) in [5, 5.41) is 8.83. The van der Waals surface area contributed by atoms with E-state index in [1.165, 1.54) is 11.1 Å². The van der Waals surface area contributed by atoms with Crippen LogP contribution in [0.25, 0.3) is 5.65 Å². The van der Waals surface area contributed by atoms with Crippen LogP contribution in [0.1, 0.15) is 22.4 Å². The lowest BCUT2D eigenvalue weighted by molar-refractivity contribution is 1.08. The summed E-state index contributed by atoms with van der Waals surface area (Å²) in [5.74, 6) is 0.768. The van der Waals surface area contributed by atoms with Gasteiger partial charge in [0.05, 0.1) is 11.4 Å². The third-order valence-electron chi connectivity index (χ3n) is 4.26. The van der Waals surface area contributed by atoms with E-state index in [1.54, 1.807) is 0 Å². The van der Waals surface area contributed by atoms with Crippen LogP contribution in [-0.4, -0.2) is 14.4 Å². The maximum Gasteiger partial charge on any atom is 0.182 e. The van der Waals surface area contributed by atoms with Crippen LogP contribution in [0.3, 0.4) is 0 Å². The van der Waals surface area contributed by atoms with Crippen molar-refractivity contribution in [1.29, 1.82) is 0 Å². The minimum Gasteiger partial charge on any atom is -0.283 e. The van der Waals surface area contributed by atoms with Crippen molar-refractivity contribution >= 4 is 17.2 Å². The molecule has 3 aromatic heterocycles. The number of aromatic nitrogens is 3. The van der Waals surface area contributed by atoms with Gasteiger partial charge in [0.1, 0.15) is 5.65 Å². The molecule has 0 amide bonds. The molecule has 0 unspecified atom stereocenters. The second-order valence-electron chi connectivity index (χ2n) is 6.35. The summed E-state index contributed by atoms with van der Waals surface area (Å²) in [7, 11) is 0. The van der Waals surface area contributed by atoms with E-state index in [4.69, 9.17) is 0 Å². The average Bonchev–Trinajstić information content (AvgIpc) is 2.96. The molecule has 5 nitrogen and oxygen atoms in total. The molecule has 0 fully saturated rings. The summed E-state index contributed by atoms with van der Waals surface area (Å²) >= 11 is 0. The highest BCUT2D eigenvalue weighted by atomic mass is 15.2. The van der Waals surface area contributed by atoms with Crippen LogP contribution in [-0.2, 0) is 6.42 Å². The van der Waals surface area contributed by atoms with Crippen LogP contribution < -0.4 is 0 Å². The lowest BCUT2D eigenvalue weighted by Gasteiger charge is -2.02. The molecule has 1 aromatic carbocycles. The third kappa shape index (κ3) is 3.37. The molecular formula is C21H19N5. The van der Waals surface area contributed by atoms with E-state index in [-0.39, 0.29) is 0 Å². The Kier molecular flexibility index (Phi) is 4.27. The van der Waals surface area contributed by atoms with Gasteiger partial charge in [0.25, 0.3) is 0 Å². The van der Waals surface area contributed by atoms with Crippen LogP contribution in [0.4, 0.5) is 11.5 Å². The Morgan fingerprint density at radius 3 is 2.35 bits per heavy atom. The van der Waals surface area contributed by atoms with Crippen molar-refractivity contribution in [3.63, 3.8) is 0 Å². The monoisotopic (exact) mass is 341 g/mol. The number of imidazole rings is 1. The summed E-state index contributed by atoms with van der Waals surface area (Å²) in [6.45, 7) is 4.01. The summed E-state index contributed by atoms with van der Waals surface area (Å²) in [4.78, 5) is 8.58. The smallest absolute Gasteiger partial charge is 0.182 e. The van der Waals surface area contributed by atoms with Crippen molar-refractivity contribution in [1.82, 2.24) is 14.4 Å². The zero-order valence-corrected chi connectivity index (χ0v) is 14.8. The predicted molar refractivity (Wildman–Crippen MR) is 102 cm³/mol. The zero-order chi connectivity index (χ0) is 17.9. The number of pyridine rings is 2. The van der Waals surface area contributed by atoms with Crippen molar-refractivity contribution in [2.45, 2.75) is 20.3 Å². The number of aryl methyl sites for hydroxylation is 2. The SMILES string of the molecule is Cc1ccc2nc(C)c(N=Nc3ccc(Cc4ccncc4)cc3)n2c1. The molecule has 0 aliphatic carbocycles. The summed E-state index contributed by atoms with van der Waals surface area (Å²) in [6.07, 6.45) is 6.54. The van der Waals surface area contributed by atoms with Crippen molar-refractivity contribution in [2.75, 3.05) is 0 Å². The molecule has 0 N–H and O–H groups in total. The van der Waals surface area contributed by atoms with Gasteiger partial charge in [-0.1, -0.05) is 18.2 Å². The van der Waals surface area contributed by atoms with Crippen LogP contribution >= 0.6 is 0 Å². The molecule has 26 heavy (non-hydrogen) atoms. The molecule has 0 aliphatic heterocycles. The first-order valence-electron chi connectivity index (χ1n) is 8.54. The van der Waals surface area contributed by atoms with Gasteiger partial charge in [-0.3, -0.25) is 9.38 Å². The normalized spacial score (nSPS) is 11.5. The first kappa shape index (κ1) is 16.1. The predicted octanol–water partition coefficient (Wildman–Crippen LogP) is 5.35. The highest BCUT2D eigenvalue weighted by Gasteiger charge is 2.07. The topological polar surface area (TPSA) is 54.9 Å². The van der Waals surface area contributed by atoms with Gasteiger partial charge in [0, 0.05) is 18.6 Å².